The van der Waals surface area contributed by atoms with Crippen molar-refractivity contribution < 1.29 is 9.32 Å². The fourth-order valence-electron chi connectivity index (χ4n) is 2.28. The Morgan fingerprint density at radius 3 is 2.78 bits per heavy atom. The van der Waals surface area contributed by atoms with E-state index in [9.17, 15) is 9.59 Å². The first-order chi connectivity index (χ1) is 8.58. The summed E-state index contributed by atoms with van der Waals surface area (Å²) in [6, 6.07) is 1.71. The fourth-order valence-corrected chi connectivity index (χ4v) is 2.28. The van der Waals surface area contributed by atoms with Crippen LogP contribution in [0.25, 0.3) is 0 Å². The van der Waals surface area contributed by atoms with Gasteiger partial charge in [-0.25, -0.2) is 0 Å². The second-order valence-electron chi connectivity index (χ2n) is 4.77. The van der Waals surface area contributed by atoms with Crippen LogP contribution in [0.1, 0.15) is 23.4 Å². The average molecular weight is 253 g/mol. The third-order valence-electron chi connectivity index (χ3n) is 3.31. The summed E-state index contributed by atoms with van der Waals surface area (Å²) >= 11 is 0. The number of carbonyl (C=O) groups is 1. The Kier molecular flexibility index (Phi) is 3.98. The molecule has 2 rings (SSSR count). The zero-order chi connectivity index (χ0) is 13.1. The smallest absolute Gasteiger partial charge is 0.290 e. The molecule has 2 heterocycles. The molecule has 1 aliphatic rings. The van der Waals surface area contributed by atoms with E-state index in [2.05, 4.69) is 5.32 Å². The Balaban J connectivity index is 1.98. The largest absolute Gasteiger partial charge is 0.373 e. The van der Waals surface area contributed by atoms with Crippen molar-refractivity contribution in [2.75, 3.05) is 26.7 Å². The maximum absolute atomic E-state index is 11.9. The lowest BCUT2D eigenvalue weighted by Gasteiger charge is -2.30. The minimum absolute atomic E-state index is 0.206. The van der Waals surface area contributed by atoms with Crippen LogP contribution in [-0.4, -0.2) is 48.3 Å². The summed E-state index contributed by atoms with van der Waals surface area (Å²) in [6.07, 6.45) is 2.05. The van der Waals surface area contributed by atoms with Gasteiger partial charge < -0.3 is 9.84 Å². The highest BCUT2D eigenvalue weighted by Crippen LogP contribution is 2.09. The Labute approximate surface area is 106 Å². The van der Waals surface area contributed by atoms with Crippen molar-refractivity contribution in [3.63, 3.8) is 0 Å². The van der Waals surface area contributed by atoms with Gasteiger partial charge in [-0.3, -0.25) is 14.5 Å². The molecule has 0 amide bonds. The number of piperidine rings is 1. The van der Waals surface area contributed by atoms with Crippen LogP contribution in [0.3, 0.4) is 0 Å². The number of aryl methyl sites for hydroxylation is 1. The minimum atomic E-state index is -0.392. The van der Waals surface area contributed by atoms with Gasteiger partial charge in [-0.2, -0.15) is 0 Å². The monoisotopic (exact) mass is 253 g/mol. The summed E-state index contributed by atoms with van der Waals surface area (Å²) in [4.78, 5) is 25.4. The number of rotatable bonds is 3. The maximum atomic E-state index is 11.9. The Hall–Kier alpha value is -1.40. The molecular formula is C12H19N3O3. The van der Waals surface area contributed by atoms with Crippen molar-refractivity contribution in [1.82, 2.24) is 15.0 Å². The van der Waals surface area contributed by atoms with Gasteiger partial charge in [-0.05, 0) is 39.9 Å². The molecule has 0 bridgehead atoms. The standard InChI is InChI=1S/C12H19N3O3/c1-9-7-11(16)15(18-9)12(17)8-14(2)10-3-5-13-6-4-10/h7,10,13H,3-6,8H2,1-2H3. The average Bonchev–Trinajstić information content (AvgIpc) is 2.69. The highest BCUT2D eigenvalue weighted by atomic mass is 16.5. The van der Waals surface area contributed by atoms with E-state index >= 15 is 0 Å². The molecule has 0 aliphatic carbocycles. The molecular weight excluding hydrogens is 234 g/mol. The lowest BCUT2D eigenvalue weighted by Crippen LogP contribution is -2.44. The van der Waals surface area contributed by atoms with Gasteiger partial charge in [0.2, 0.25) is 0 Å². The van der Waals surface area contributed by atoms with Gasteiger partial charge >= 0.3 is 0 Å². The van der Waals surface area contributed by atoms with E-state index < -0.39 is 5.56 Å². The highest BCUT2D eigenvalue weighted by Gasteiger charge is 2.21. The van der Waals surface area contributed by atoms with E-state index in [1.165, 1.54) is 6.07 Å². The van der Waals surface area contributed by atoms with E-state index in [-0.39, 0.29) is 12.5 Å². The van der Waals surface area contributed by atoms with Crippen LogP contribution in [0.15, 0.2) is 15.4 Å². The summed E-state index contributed by atoms with van der Waals surface area (Å²) in [5, 5.41) is 3.28. The summed E-state index contributed by atoms with van der Waals surface area (Å²) in [7, 11) is 1.91. The normalized spacial score (nSPS) is 17.3. The van der Waals surface area contributed by atoms with Crippen molar-refractivity contribution in [3.05, 3.63) is 22.2 Å². The maximum Gasteiger partial charge on any atom is 0.290 e. The summed E-state index contributed by atoms with van der Waals surface area (Å²) in [5.41, 5.74) is -0.392. The molecule has 0 spiro atoms. The van der Waals surface area contributed by atoms with Crippen LogP contribution >= 0.6 is 0 Å². The van der Waals surface area contributed by atoms with Crippen LogP contribution < -0.4 is 10.9 Å². The van der Waals surface area contributed by atoms with Crippen molar-refractivity contribution in [2.24, 2.45) is 0 Å². The van der Waals surface area contributed by atoms with Crippen LogP contribution in [0.2, 0.25) is 0 Å². The molecule has 1 fully saturated rings. The fraction of sp³-hybridized carbons (Fsp3) is 0.667. The summed E-state index contributed by atoms with van der Waals surface area (Å²) in [5.74, 6) is 0.145. The number of nitrogens with one attached hydrogen (secondary N) is 1. The Bertz CT molecular complexity index is 471. The molecule has 0 radical (unpaired) electrons. The highest BCUT2D eigenvalue weighted by molar-refractivity contribution is 5.79. The van der Waals surface area contributed by atoms with Gasteiger partial charge in [-0.15, -0.1) is 4.74 Å². The lowest BCUT2D eigenvalue weighted by atomic mass is 10.1. The van der Waals surface area contributed by atoms with E-state index in [1.807, 2.05) is 11.9 Å². The van der Waals surface area contributed by atoms with Gasteiger partial charge in [0, 0.05) is 12.1 Å². The first-order valence-electron chi connectivity index (χ1n) is 6.22. The first-order valence-corrected chi connectivity index (χ1v) is 6.22. The van der Waals surface area contributed by atoms with E-state index in [1.54, 1.807) is 6.92 Å². The number of hydrogen-bond donors (Lipinski definition) is 1. The molecule has 1 aromatic heterocycles. The minimum Gasteiger partial charge on any atom is -0.373 e. The summed E-state index contributed by atoms with van der Waals surface area (Å²) < 4.78 is 5.92. The predicted octanol–water partition coefficient (Wildman–Crippen LogP) is 0.0737. The molecule has 100 valence electrons. The molecule has 6 nitrogen and oxygen atoms in total. The quantitative estimate of drug-likeness (QED) is 0.826. The zero-order valence-corrected chi connectivity index (χ0v) is 10.8. The number of aromatic nitrogens is 1. The van der Waals surface area contributed by atoms with Gasteiger partial charge in [0.15, 0.2) is 0 Å². The molecule has 1 aliphatic heterocycles. The van der Waals surface area contributed by atoms with Gasteiger partial charge in [0.1, 0.15) is 5.76 Å². The number of hydrogen-bond acceptors (Lipinski definition) is 5. The second-order valence-corrected chi connectivity index (χ2v) is 4.77. The molecule has 0 saturated carbocycles. The van der Waals surface area contributed by atoms with Crippen molar-refractivity contribution in [2.45, 2.75) is 25.8 Å². The van der Waals surface area contributed by atoms with Crippen LogP contribution in [0.4, 0.5) is 0 Å². The van der Waals surface area contributed by atoms with E-state index in [0.29, 0.717) is 11.8 Å². The van der Waals surface area contributed by atoms with Gasteiger partial charge in [0.05, 0.1) is 6.54 Å². The molecule has 0 aromatic carbocycles. The number of likely N-dealkylation sites (N-methyl/N-ethyl adjacent to an activating group) is 1. The molecule has 1 saturated heterocycles. The summed E-state index contributed by atoms with van der Waals surface area (Å²) in [6.45, 7) is 3.81. The molecule has 0 unspecified atom stereocenters. The van der Waals surface area contributed by atoms with E-state index in [0.717, 1.165) is 30.7 Å². The Morgan fingerprint density at radius 2 is 2.22 bits per heavy atom. The SMILES string of the molecule is Cc1cc(=O)n(C(=O)CN(C)C2CCNCC2)o1. The molecule has 1 aromatic rings. The lowest BCUT2D eigenvalue weighted by molar-refractivity contribution is 0.0690. The number of nitrogens with zero attached hydrogens (tertiary/aromatic N) is 2. The third kappa shape index (κ3) is 2.88. The van der Waals surface area contributed by atoms with Gasteiger partial charge in [-0.1, -0.05) is 0 Å². The third-order valence-corrected chi connectivity index (χ3v) is 3.31. The van der Waals surface area contributed by atoms with Crippen LogP contribution in [0, 0.1) is 6.92 Å². The predicted molar refractivity (Wildman–Crippen MR) is 66.9 cm³/mol. The first kappa shape index (κ1) is 13.0. The zero-order valence-electron chi connectivity index (χ0n) is 10.8. The molecule has 1 N–H and O–H groups in total. The molecule has 6 heteroatoms. The van der Waals surface area contributed by atoms with Crippen molar-refractivity contribution in [3.8, 4) is 0 Å². The van der Waals surface area contributed by atoms with Crippen molar-refractivity contribution in [1.29, 1.82) is 0 Å². The van der Waals surface area contributed by atoms with E-state index in [4.69, 9.17) is 4.52 Å². The van der Waals surface area contributed by atoms with Crippen LogP contribution in [-0.2, 0) is 0 Å². The second kappa shape index (κ2) is 5.49. The topological polar surface area (TPSA) is 67.5 Å². The Morgan fingerprint density at radius 1 is 1.56 bits per heavy atom. The molecule has 18 heavy (non-hydrogen) atoms. The van der Waals surface area contributed by atoms with Gasteiger partial charge in [0.25, 0.3) is 11.5 Å². The van der Waals surface area contributed by atoms with Crippen LogP contribution in [0.5, 0.6) is 0 Å². The molecule has 0 atom stereocenters. The van der Waals surface area contributed by atoms with Crippen molar-refractivity contribution >= 4 is 5.91 Å². The number of carbonyl (C=O) groups excluding carboxylic acids is 1.